The van der Waals surface area contributed by atoms with Gasteiger partial charge in [0.15, 0.2) is 0 Å². The molecule has 1 saturated heterocycles. The lowest BCUT2D eigenvalue weighted by molar-refractivity contribution is -0.137. The first-order valence-corrected chi connectivity index (χ1v) is 11.1. The molecule has 3 rings (SSSR count). The number of nitrogens with zero attached hydrogens (tertiary/aromatic N) is 2. The summed E-state index contributed by atoms with van der Waals surface area (Å²) in [5.74, 6) is -0.168. The van der Waals surface area contributed by atoms with Crippen molar-refractivity contribution in [2.75, 3.05) is 37.6 Å². The normalized spacial score (nSPS) is 15.7. The van der Waals surface area contributed by atoms with Gasteiger partial charge in [0.25, 0.3) is 0 Å². The molecule has 2 aromatic rings. The van der Waals surface area contributed by atoms with Gasteiger partial charge >= 0.3 is 6.18 Å². The minimum atomic E-state index is -4.35. The smallest absolute Gasteiger partial charge is 0.369 e. The van der Waals surface area contributed by atoms with Crippen molar-refractivity contribution in [3.63, 3.8) is 0 Å². The second-order valence-corrected chi connectivity index (χ2v) is 8.83. The summed E-state index contributed by atoms with van der Waals surface area (Å²) in [6.07, 6.45) is -4.35. The number of hydrogen-bond donors (Lipinski definition) is 2. The maximum atomic E-state index is 12.7. The molecule has 0 bridgehead atoms. The molecule has 11 heteroatoms. The number of carbonyl (C=O) groups is 1. The zero-order valence-corrected chi connectivity index (χ0v) is 17.4. The number of primary sulfonamides is 1. The number of anilines is 1. The summed E-state index contributed by atoms with van der Waals surface area (Å²) in [4.78, 5) is 16.2. The average molecular weight is 456 g/mol. The fraction of sp³-hybridized carbons (Fsp3) is 0.350. The molecular weight excluding hydrogens is 433 g/mol. The van der Waals surface area contributed by atoms with Crippen molar-refractivity contribution in [2.24, 2.45) is 5.14 Å². The lowest BCUT2D eigenvalue weighted by Crippen LogP contribution is -2.49. The van der Waals surface area contributed by atoms with Gasteiger partial charge in [-0.25, -0.2) is 13.6 Å². The van der Waals surface area contributed by atoms with E-state index in [1.807, 2.05) is 9.80 Å². The zero-order chi connectivity index (χ0) is 22.6. The lowest BCUT2D eigenvalue weighted by atomic mass is 10.1. The van der Waals surface area contributed by atoms with Crippen molar-refractivity contribution in [3.05, 3.63) is 59.7 Å². The Morgan fingerprint density at radius 3 is 2.06 bits per heavy atom. The van der Waals surface area contributed by atoms with Crippen LogP contribution in [0.3, 0.4) is 0 Å². The zero-order valence-electron chi connectivity index (χ0n) is 16.6. The van der Waals surface area contributed by atoms with E-state index in [0.29, 0.717) is 26.2 Å². The van der Waals surface area contributed by atoms with Gasteiger partial charge in [-0.3, -0.25) is 9.69 Å². The molecule has 168 valence electrons. The fourth-order valence-electron chi connectivity index (χ4n) is 3.28. The molecule has 0 unspecified atom stereocenters. The quantitative estimate of drug-likeness (QED) is 0.691. The second kappa shape index (κ2) is 9.25. The van der Waals surface area contributed by atoms with Crippen LogP contribution in [0.15, 0.2) is 53.4 Å². The van der Waals surface area contributed by atoms with Gasteiger partial charge in [0.05, 0.1) is 17.0 Å². The third kappa shape index (κ3) is 6.42. The van der Waals surface area contributed by atoms with E-state index in [9.17, 15) is 26.4 Å². The number of halogens is 3. The highest BCUT2D eigenvalue weighted by molar-refractivity contribution is 7.89. The van der Waals surface area contributed by atoms with Crippen molar-refractivity contribution in [1.82, 2.24) is 10.2 Å². The molecule has 0 aliphatic carbocycles. The van der Waals surface area contributed by atoms with E-state index < -0.39 is 21.8 Å². The van der Waals surface area contributed by atoms with Gasteiger partial charge < -0.3 is 10.2 Å². The van der Waals surface area contributed by atoms with Crippen LogP contribution in [-0.4, -0.2) is 51.9 Å². The highest BCUT2D eigenvalue weighted by Gasteiger charge is 2.30. The molecule has 0 radical (unpaired) electrons. The van der Waals surface area contributed by atoms with Crippen molar-refractivity contribution in [3.8, 4) is 0 Å². The summed E-state index contributed by atoms with van der Waals surface area (Å²) in [6, 6.07) is 11.0. The number of hydrogen-bond acceptors (Lipinski definition) is 5. The van der Waals surface area contributed by atoms with Crippen LogP contribution < -0.4 is 15.4 Å². The van der Waals surface area contributed by atoms with Gasteiger partial charge in [0, 0.05) is 38.4 Å². The summed E-state index contributed by atoms with van der Waals surface area (Å²) >= 11 is 0. The Bertz CT molecular complexity index is 1000. The largest absolute Gasteiger partial charge is 0.416 e. The maximum absolute atomic E-state index is 12.7. The van der Waals surface area contributed by atoms with E-state index in [0.717, 1.165) is 23.4 Å². The van der Waals surface area contributed by atoms with Crippen LogP contribution in [0.25, 0.3) is 0 Å². The molecule has 0 atom stereocenters. The summed E-state index contributed by atoms with van der Waals surface area (Å²) in [7, 11) is -3.75. The predicted molar refractivity (Wildman–Crippen MR) is 110 cm³/mol. The molecular formula is C20H23F3N4O3S. The minimum Gasteiger partial charge on any atom is -0.369 e. The van der Waals surface area contributed by atoms with Gasteiger partial charge in [-0.05, 0) is 42.0 Å². The maximum Gasteiger partial charge on any atom is 0.416 e. The van der Waals surface area contributed by atoms with Crippen LogP contribution >= 0.6 is 0 Å². The second-order valence-electron chi connectivity index (χ2n) is 7.27. The first-order chi connectivity index (χ1) is 14.5. The topological polar surface area (TPSA) is 95.7 Å². The van der Waals surface area contributed by atoms with E-state index in [1.165, 1.54) is 24.3 Å². The number of amides is 1. The van der Waals surface area contributed by atoms with Crippen LogP contribution in [0.5, 0.6) is 0 Å². The molecule has 1 aliphatic heterocycles. The number of piperazine rings is 1. The molecule has 1 amide bonds. The SMILES string of the molecule is NS(=O)(=O)c1ccc(CNC(=O)CN2CCN(c3ccc(C(F)(F)F)cc3)CC2)cc1. The Hall–Kier alpha value is -2.63. The van der Waals surface area contributed by atoms with Crippen LogP contribution in [0.4, 0.5) is 18.9 Å². The fourth-order valence-corrected chi connectivity index (χ4v) is 3.80. The Balaban J connectivity index is 1.43. The Morgan fingerprint density at radius 1 is 0.968 bits per heavy atom. The molecule has 1 fully saturated rings. The summed E-state index contributed by atoms with van der Waals surface area (Å²) in [6.45, 7) is 2.89. The van der Waals surface area contributed by atoms with E-state index in [-0.39, 0.29) is 23.9 Å². The summed E-state index contributed by atoms with van der Waals surface area (Å²) < 4.78 is 60.6. The molecule has 0 spiro atoms. The Morgan fingerprint density at radius 2 is 1.55 bits per heavy atom. The molecule has 7 nitrogen and oxygen atoms in total. The summed E-state index contributed by atoms with van der Waals surface area (Å²) in [5, 5.41) is 7.84. The number of alkyl halides is 3. The highest BCUT2D eigenvalue weighted by Crippen LogP contribution is 2.30. The van der Waals surface area contributed by atoms with Gasteiger partial charge in [-0.2, -0.15) is 13.2 Å². The van der Waals surface area contributed by atoms with Crippen molar-refractivity contribution >= 4 is 21.6 Å². The molecule has 2 aromatic carbocycles. The molecule has 31 heavy (non-hydrogen) atoms. The lowest BCUT2D eigenvalue weighted by Gasteiger charge is -2.35. The van der Waals surface area contributed by atoms with Gasteiger partial charge in [-0.15, -0.1) is 0 Å². The first kappa shape index (κ1) is 23.0. The third-order valence-electron chi connectivity index (χ3n) is 5.04. The van der Waals surface area contributed by atoms with E-state index in [1.54, 1.807) is 12.1 Å². The number of rotatable bonds is 6. The van der Waals surface area contributed by atoms with E-state index in [2.05, 4.69) is 5.32 Å². The third-order valence-corrected chi connectivity index (χ3v) is 5.97. The molecule has 1 heterocycles. The van der Waals surface area contributed by atoms with Crippen LogP contribution in [-0.2, 0) is 27.5 Å². The van der Waals surface area contributed by atoms with Crippen LogP contribution in [0, 0.1) is 0 Å². The van der Waals surface area contributed by atoms with Crippen LogP contribution in [0.2, 0.25) is 0 Å². The van der Waals surface area contributed by atoms with E-state index >= 15 is 0 Å². The first-order valence-electron chi connectivity index (χ1n) is 9.55. The van der Waals surface area contributed by atoms with Gasteiger partial charge in [0.1, 0.15) is 0 Å². The Kier molecular flexibility index (Phi) is 6.87. The summed E-state index contributed by atoms with van der Waals surface area (Å²) in [5.41, 5.74) is 0.791. The molecule has 3 N–H and O–H groups in total. The molecule has 1 aliphatic rings. The van der Waals surface area contributed by atoms with Crippen molar-refractivity contribution < 1.29 is 26.4 Å². The van der Waals surface area contributed by atoms with Crippen LogP contribution in [0.1, 0.15) is 11.1 Å². The van der Waals surface area contributed by atoms with Gasteiger partial charge in [-0.1, -0.05) is 12.1 Å². The number of nitrogens with two attached hydrogens (primary N) is 1. The monoisotopic (exact) mass is 456 g/mol. The number of benzene rings is 2. The van der Waals surface area contributed by atoms with Gasteiger partial charge in [0.2, 0.25) is 15.9 Å². The predicted octanol–water partition coefficient (Wildman–Crippen LogP) is 1.79. The van der Waals surface area contributed by atoms with Crippen molar-refractivity contribution in [2.45, 2.75) is 17.6 Å². The standard InChI is InChI=1S/C20H23F3N4O3S/c21-20(22,23)16-3-5-17(6-4-16)27-11-9-26(10-12-27)14-19(28)25-13-15-1-7-18(8-2-15)31(24,29)30/h1-8H,9-14H2,(H,25,28)(H2,24,29,30). The number of carbonyl (C=O) groups excluding carboxylic acids is 1. The number of nitrogens with one attached hydrogen (secondary N) is 1. The Labute approximate surface area is 178 Å². The highest BCUT2D eigenvalue weighted by atomic mass is 32.2. The molecule has 0 aromatic heterocycles. The minimum absolute atomic E-state index is 0.00786. The van der Waals surface area contributed by atoms with Crippen molar-refractivity contribution in [1.29, 1.82) is 0 Å². The van der Waals surface area contributed by atoms with E-state index in [4.69, 9.17) is 5.14 Å². The molecule has 0 saturated carbocycles. The average Bonchev–Trinajstić information content (AvgIpc) is 2.72. The number of sulfonamides is 1.